The highest BCUT2D eigenvalue weighted by molar-refractivity contribution is 5.85. The molecule has 1 atom stereocenters. The summed E-state index contributed by atoms with van der Waals surface area (Å²) in [7, 11) is 0. The Morgan fingerprint density at radius 2 is 1.90 bits per heavy atom. The van der Waals surface area contributed by atoms with Gasteiger partial charge in [0.2, 0.25) is 0 Å². The van der Waals surface area contributed by atoms with Gasteiger partial charge in [0, 0.05) is 12.0 Å². The van der Waals surface area contributed by atoms with E-state index in [2.05, 4.69) is 10.9 Å². The summed E-state index contributed by atoms with van der Waals surface area (Å²) >= 11 is 0. The number of hydrazine groups is 1. The molecule has 154 valence electrons. The number of ether oxygens (including phenoxy) is 3. The maximum absolute atomic E-state index is 12.9. The Kier molecular flexibility index (Phi) is 5.91. The molecule has 2 aromatic carbocycles. The van der Waals surface area contributed by atoms with Crippen molar-refractivity contribution in [2.75, 3.05) is 6.61 Å². The second kappa shape index (κ2) is 8.38. The number of hydrogen-bond acceptors (Lipinski definition) is 5. The van der Waals surface area contributed by atoms with Crippen molar-refractivity contribution in [3.05, 3.63) is 53.8 Å². The number of nitrogens with one attached hydrogen (secondary N) is 2. The topological polar surface area (TPSA) is 85.9 Å². The van der Waals surface area contributed by atoms with Crippen molar-refractivity contribution in [2.24, 2.45) is 0 Å². The van der Waals surface area contributed by atoms with Crippen molar-refractivity contribution in [1.82, 2.24) is 10.9 Å². The fourth-order valence-corrected chi connectivity index (χ4v) is 2.88. The molecule has 1 aliphatic rings. The third-order valence-corrected chi connectivity index (χ3v) is 4.23. The van der Waals surface area contributed by atoms with Gasteiger partial charge in [-0.2, -0.15) is 0 Å². The van der Waals surface area contributed by atoms with Gasteiger partial charge in [-0.25, -0.2) is 4.39 Å². The molecule has 2 aromatic rings. The summed E-state index contributed by atoms with van der Waals surface area (Å²) in [6.45, 7) is 5.17. The Balaban J connectivity index is 1.45. The maximum atomic E-state index is 12.9. The molecule has 7 nitrogen and oxygen atoms in total. The minimum atomic E-state index is -0.894. The lowest BCUT2D eigenvalue weighted by atomic mass is 10.0. The zero-order valence-electron chi connectivity index (χ0n) is 16.5. The van der Waals surface area contributed by atoms with Crippen LogP contribution in [0.4, 0.5) is 4.39 Å². The van der Waals surface area contributed by atoms with Crippen molar-refractivity contribution in [3.63, 3.8) is 0 Å². The number of halogens is 1. The molecule has 0 saturated heterocycles. The van der Waals surface area contributed by atoms with E-state index in [0.29, 0.717) is 17.2 Å². The van der Waals surface area contributed by atoms with Crippen LogP contribution in [-0.2, 0) is 16.0 Å². The smallest absolute Gasteiger partial charge is 0.279 e. The number of carbonyl (C=O) groups excluding carboxylic acids is 2. The van der Waals surface area contributed by atoms with E-state index < -0.39 is 23.7 Å². The summed E-state index contributed by atoms with van der Waals surface area (Å²) in [6, 6.07) is 10.8. The molecule has 8 heteroatoms. The molecule has 0 aromatic heterocycles. The van der Waals surface area contributed by atoms with Gasteiger partial charge in [-0.15, -0.1) is 0 Å². The first-order chi connectivity index (χ1) is 13.7. The zero-order chi connectivity index (χ0) is 21.0. The maximum Gasteiger partial charge on any atom is 0.279 e. The molecule has 0 aliphatic carbocycles. The van der Waals surface area contributed by atoms with E-state index in [1.165, 1.54) is 31.2 Å². The lowest BCUT2D eigenvalue weighted by molar-refractivity contribution is -0.133. The molecule has 29 heavy (non-hydrogen) atoms. The van der Waals surface area contributed by atoms with E-state index in [4.69, 9.17) is 14.2 Å². The third-order valence-electron chi connectivity index (χ3n) is 4.23. The van der Waals surface area contributed by atoms with E-state index in [0.717, 1.165) is 12.0 Å². The monoisotopic (exact) mass is 402 g/mol. The first-order valence-electron chi connectivity index (χ1n) is 9.18. The zero-order valence-corrected chi connectivity index (χ0v) is 16.5. The molecular weight excluding hydrogens is 379 g/mol. The summed E-state index contributed by atoms with van der Waals surface area (Å²) in [5.74, 6) is -0.0573. The van der Waals surface area contributed by atoms with Crippen molar-refractivity contribution < 1.29 is 28.2 Å². The molecule has 0 unspecified atom stereocenters. The van der Waals surface area contributed by atoms with Crippen LogP contribution in [0, 0.1) is 5.82 Å². The molecule has 1 aliphatic heterocycles. The summed E-state index contributed by atoms with van der Waals surface area (Å²) in [4.78, 5) is 24.0. The van der Waals surface area contributed by atoms with Crippen molar-refractivity contribution in [2.45, 2.75) is 38.9 Å². The fraction of sp³-hybridized carbons (Fsp3) is 0.333. The SMILES string of the molecule is C[C@H](Oc1ccc(F)cc1)C(=O)NNC(=O)COc1cccc2c1OC(C)(C)C2. The third kappa shape index (κ3) is 5.37. The molecule has 2 N–H and O–H groups in total. The van der Waals surface area contributed by atoms with Crippen LogP contribution in [0.1, 0.15) is 26.3 Å². The Labute approximate surface area is 168 Å². The number of fused-ring (bicyclic) bond motifs is 1. The molecule has 0 radical (unpaired) electrons. The van der Waals surface area contributed by atoms with Crippen LogP contribution in [-0.4, -0.2) is 30.1 Å². The van der Waals surface area contributed by atoms with Crippen molar-refractivity contribution in [1.29, 1.82) is 0 Å². The quantitative estimate of drug-likeness (QED) is 0.726. The highest BCUT2D eigenvalue weighted by Gasteiger charge is 2.32. The summed E-state index contributed by atoms with van der Waals surface area (Å²) in [6.07, 6.45) is -0.136. The van der Waals surface area contributed by atoms with Crippen LogP contribution < -0.4 is 25.1 Å². The van der Waals surface area contributed by atoms with Gasteiger partial charge in [-0.3, -0.25) is 20.4 Å². The van der Waals surface area contributed by atoms with Crippen LogP contribution in [0.15, 0.2) is 42.5 Å². The van der Waals surface area contributed by atoms with Crippen molar-refractivity contribution in [3.8, 4) is 17.2 Å². The summed E-state index contributed by atoms with van der Waals surface area (Å²) < 4.78 is 29.7. The Morgan fingerprint density at radius 3 is 2.62 bits per heavy atom. The first kappa shape index (κ1) is 20.4. The minimum absolute atomic E-state index is 0.298. The van der Waals surface area contributed by atoms with Gasteiger partial charge in [-0.1, -0.05) is 12.1 Å². The Bertz CT molecular complexity index is 898. The Morgan fingerprint density at radius 1 is 1.17 bits per heavy atom. The van der Waals surface area contributed by atoms with Crippen LogP contribution >= 0.6 is 0 Å². The van der Waals surface area contributed by atoms with Gasteiger partial charge in [0.1, 0.15) is 17.2 Å². The van der Waals surface area contributed by atoms with Crippen LogP contribution in [0.25, 0.3) is 0 Å². The number of amides is 2. The highest BCUT2D eigenvalue weighted by atomic mass is 19.1. The predicted octanol–water partition coefficient (Wildman–Crippen LogP) is 2.53. The molecule has 2 amide bonds. The Hall–Kier alpha value is -3.29. The average Bonchev–Trinajstić information content (AvgIpc) is 3.00. The second-order valence-corrected chi connectivity index (χ2v) is 7.32. The fourth-order valence-electron chi connectivity index (χ4n) is 2.88. The number of para-hydroxylation sites is 1. The molecule has 3 rings (SSSR count). The molecule has 1 heterocycles. The molecular formula is C21H23FN2O5. The predicted molar refractivity (Wildman–Crippen MR) is 103 cm³/mol. The van der Waals surface area contributed by atoms with Crippen LogP contribution in [0.5, 0.6) is 17.2 Å². The van der Waals surface area contributed by atoms with Crippen LogP contribution in [0.3, 0.4) is 0 Å². The molecule has 0 saturated carbocycles. The molecule has 0 fully saturated rings. The van der Waals surface area contributed by atoms with Crippen molar-refractivity contribution >= 4 is 11.8 Å². The number of carbonyl (C=O) groups is 2. The standard InChI is InChI=1S/C21H23FN2O5/c1-13(28-16-9-7-15(22)8-10-16)20(26)24-23-18(25)12-27-17-6-4-5-14-11-21(2,3)29-19(14)17/h4-10,13H,11-12H2,1-3H3,(H,23,25)(H,24,26)/t13-/m0/s1. The highest BCUT2D eigenvalue weighted by Crippen LogP contribution is 2.41. The van der Waals surface area contributed by atoms with E-state index >= 15 is 0 Å². The van der Waals surface area contributed by atoms with Gasteiger partial charge in [-0.05, 0) is 51.1 Å². The first-order valence-corrected chi connectivity index (χ1v) is 9.18. The second-order valence-electron chi connectivity index (χ2n) is 7.32. The minimum Gasteiger partial charge on any atom is -0.483 e. The normalized spacial score (nSPS) is 14.9. The summed E-state index contributed by atoms with van der Waals surface area (Å²) in [5, 5.41) is 0. The van der Waals surface area contributed by atoms with Gasteiger partial charge in [0.05, 0.1) is 0 Å². The van der Waals surface area contributed by atoms with E-state index in [1.807, 2.05) is 26.0 Å². The van der Waals surface area contributed by atoms with E-state index in [1.54, 1.807) is 6.07 Å². The number of rotatable bonds is 6. The largest absolute Gasteiger partial charge is 0.483 e. The van der Waals surface area contributed by atoms with Gasteiger partial charge < -0.3 is 14.2 Å². The lowest BCUT2D eigenvalue weighted by Crippen LogP contribution is -2.48. The molecule has 0 spiro atoms. The van der Waals surface area contributed by atoms with Gasteiger partial charge in [0.15, 0.2) is 24.2 Å². The summed E-state index contributed by atoms with van der Waals surface area (Å²) in [5.41, 5.74) is 5.24. The lowest BCUT2D eigenvalue weighted by Gasteiger charge is -2.18. The number of benzene rings is 2. The molecule has 0 bridgehead atoms. The average molecular weight is 402 g/mol. The number of hydrogen-bond donors (Lipinski definition) is 2. The van der Waals surface area contributed by atoms with Crippen LogP contribution in [0.2, 0.25) is 0 Å². The van der Waals surface area contributed by atoms with Gasteiger partial charge >= 0.3 is 0 Å². The van der Waals surface area contributed by atoms with E-state index in [9.17, 15) is 14.0 Å². The van der Waals surface area contributed by atoms with E-state index in [-0.39, 0.29) is 12.2 Å². The van der Waals surface area contributed by atoms with Gasteiger partial charge in [0.25, 0.3) is 11.8 Å².